The van der Waals surface area contributed by atoms with Crippen LogP contribution < -0.4 is 10.2 Å². The number of thiophene rings is 1. The molecule has 0 aliphatic carbocycles. The Morgan fingerprint density at radius 3 is 3.10 bits per heavy atom. The molecular weight excluding hydrogens is 284 g/mol. The number of nitrogens with one attached hydrogen (secondary N) is 1. The highest BCUT2D eigenvalue weighted by molar-refractivity contribution is 7.10. The van der Waals surface area contributed by atoms with Crippen molar-refractivity contribution in [2.24, 2.45) is 0 Å². The first-order valence-electron chi connectivity index (χ1n) is 7.25. The van der Waals surface area contributed by atoms with Crippen LogP contribution in [0.4, 0.5) is 11.8 Å². The fourth-order valence-corrected chi connectivity index (χ4v) is 3.42. The summed E-state index contributed by atoms with van der Waals surface area (Å²) >= 11 is 1.79. The summed E-state index contributed by atoms with van der Waals surface area (Å²) in [4.78, 5) is 12.3. The maximum absolute atomic E-state index is 9.60. The molecule has 0 aromatic carbocycles. The molecule has 1 unspecified atom stereocenters. The predicted octanol–water partition coefficient (Wildman–Crippen LogP) is 2.07. The van der Waals surface area contributed by atoms with Crippen LogP contribution in [-0.2, 0) is 6.42 Å². The van der Waals surface area contributed by atoms with Gasteiger partial charge in [-0.2, -0.15) is 4.98 Å². The number of anilines is 2. The van der Waals surface area contributed by atoms with Crippen molar-refractivity contribution in [1.29, 1.82) is 0 Å². The minimum atomic E-state index is -0.238. The van der Waals surface area contributed by atoms with Crippen molar-refractivity contribution in [3.8, 4) is 0 Å². The van der Waals surface area contributed by atoms with Crippen molar-refractivity contribution >= 4 is 23.1 Å². The Hall–Kier alpha value is -1.66. The maximum atomic E-state index is 9.60. The molecule has 1 saturated heterocycles. The van der Waals surface area contributed by atoms with E-state index < -0.39 is 0 Å². The van der Waals surface area contributed by atoms with Crippen LogP contribution >= 0.6 is 11.3 Å². The number of hydrogen-bond donors (Lipinski definition) is 2. The van der Waals surface area contributed by atoms with E-state index >= 15 is 0 Å². The molecule has 2 aromatic heterocycles. The van der Waals surface area contributed by atoms with E-state index in [1.807, 2.05) is 6.07 Å². The fraction of sp³-hybridized carbons (Fsp3) is 0.467. The van der Waals surface area contributed by atoms with E-state index in [1.165, 1.54) is 10.4 Å². The monoisotopic (exact) mass is 304 g/mol. The summed E-state index contributed by atoms with van der Waals surface area (Å²) in [5.41, 5.74) is 1.35. The van der Waals surface area contributed by atoms with E-state index in [0.717, 1.165) is 31.7 Å². The van der Waals surface area contributed by atoms with Gasteiger partial charge in [0.05, 0.1) is 6.10 Å². The lowest BCUT2D eigenvalue weighted by Gasteiger charge is -2.17. The molecule has 5 nitrogen and oxygen atoms in total. The van der Waals surface area contributed by atoms with Crippen molar-refractivity contribution in [3.05, 3.63) is 34.2 Å². The molecule has 1 aliphatic rings. The molecule has 112 valence electrons. The molecule has 2 N–H and O–H groups in total. The van der Waals surface area contributed by atoms with Crippen LogP contribution in [0.2, 0.25) is 0 Å². The third-order valence-corrected chi connectivity index (χ3v) is 4.81. The summed E-state index contributed by atoms with van der Waals surface area (Å²) in [6, 6.07) is 4.04. The Balaban J connectivity index is 1.57. The zero-order chi connectivity index (χ0) is 14.7. The fourth-order valence-electron chi connectivity index (χ4n) is 2.51. The zero-order valence-electron chi connectivity index (χ0n) is 12.1. The van der Waals surface area contributed by atoms with Gasteiger partial charge >= 0.3 is 0 Å². The minimum Gasteiger partial charge on any atom is -0.391 e. The number of rotatable bonds is 5. The third-order valence-electron chi connectivity index (χ3n) is 3.73. The van der Waals surface area contributed by atoms with Crippen molar-refractivity contribution in [2.75, 3.05) is 29.9 Å². The zero-order valence-corrected chi connectivity index (χ0v) is 12.9. The maximum Gasteiger partial charge on any atom is 0.224 e. The van der Waals surface area contributed by atoms with Gasteiger partial charge < -0.3 is 15.3 Å². The molecular formula is C15H20N4OS. The first-order chi connectivity index (χ1) is 10.2. The summed E-state index contributed by atoms with van der Waals surface area (Å²) in [5.74, 6) is 1.54. The second-order valence-electron chi connectivity index (χ2n) is 5.33. The number of β-amino-alcohol motifs (C(OH)–C–C–N with tert-alkyl or cyclic N) is 1. The van der Waals surface area contributed by atoms with Gasteiger partial charge in [0, 0.05) is 30.7 Å². The lowest BCUT2D eigenvalue weighted by Crippen LogP contribution is -2.22. The van der Waals surface area contributed by atoms with Crippen LogP contribution in [0.5, 0.6) is 0 Å². The van der Waals surface area contributed by atoms with Crippen LogP contribution in [0, 0.1) is 6.92 Å². The second-order valence-corrected chi connectivity index (χ2v) is 6.33. The number of nitrogens with zero attached hydrogens (tertiary/aromatic N) is 3. The number of aryl methyl sites for hydroxylation is 1. The molecule has 0 radical (unpaired) electrons. The molecule has 6 heteroatoms. The van der Waals surface area contributed by atoms with Crippen molar-refractivity contribution in [2.45, 2.75) is 25.9 Å². The van der Waals surface area contributed by atoms with Gasteiger partial charge in [0.15, 0.2) is 0 Å². The molecule has 1 atom stereocenters. The summed E-state index contributed by atoms with van der Waals surface area (Å²) in [7, 11) is 0. The Bertz CT molecular complexity index is 601. The van der Waals surface area contributed by atoms with Gasteiger partial charge in [0.1, 0.15) is 5.82 Å². The molecule has 1 aliphatic heterocycles. The van der Waals surface area contributed by atoms with E-state index in [0.29, 0.717) is 12.5 Å². The summed E-state index contributed by atoms with van der Waals surface area (Å²) in [5, 5.41) is 15.0. The second kappa shape index (κ2) is 6.41. The van der Waals surface area contributed by atoms with E-state index in [4.69, 9.17) is 0 Å². The molecule has 21 heavy (non-hydrogen) atoms. The Morgan fingerprint density at radius 2 is 2.38 bits per heavy atom. The molecule has 0 spiro atoms. The molecule has 0 bridgehead atoms. The number of aliphatic hydroxyl groups is 1. The SMILES string of the molecule is Cc1ccsc1CCNc1nccc(N2CCC(O)C2)n1. The lowest BCUT2D eigenvalue weighted by atomic mass is 10.2. The van der Waals surface area contributed by atoms with Gasteiger partial charge in [-0.1, -0.05) is 0 Å². The van der Waals surface area contributed by atoms with Gasteiger partial charge in [0.2, 0.25) is 5.95 Å². The molecule has 1 fully saturated rings. The summed E-state index contributed by atoms with van der Waals surface area (Å²) < 4.78 is 0. The highest BCUT2D eigenvalue weighted by Gasteiger charge is 2.21. The van der Waals surface area contributed by atoms with Crippen LogP contribution in [0.3, 0.4) is 0 Å². The van der Waals surface area contributed by atoms with Crippen molar-refractivity contribution in [1.82, 2.24) is 9.97 Å². The van der Waals surface area contributed by atoms with Crippen molar-refractivity contribution in [3.63, 3.8) is 0 Å². The van der Waals surface area contributed by atoms with Gasteiger partial charge in [0.25, 0.3) is 0 Å². The van der Waals surface area contributed by atoms with E-state index in [1.54, 1.807) is 17.5 Å². The topological polar surface area (TPSA) is 61.3 Å². The number of hydrogen-bond acceptors (Lipinski definition) is 6. The predicted molar refractivity (Wildman–Crippen MR) is 86.1 cm³/mol. The lowest BCUT2D eigenvalue weighted by molar-refractivity contribution is 0.198. The van der Waals surface area contributed by atoms with Gasteiger partial charge in [-0.05, 0) is 42.8 Å². The van der Waals surface area contributed by atoms with E-state index in [-0.39, 0.29) is 6.10 Å². The standard InChI is InChI=1S/C15H20N4OS/c1-11-5-9-21-13(11)2-6-16-15-17-7-3-14(18-15)19-8-4-12(20)10-19/h3,5,7,9,12,20H,2,4,6,8,10H2,1H3,(H,16,17,18). The average Bonchev–Trinajstić information content (AvgIpc) is 3.09. The highest BCUT2D eigenvalue weighted by atomic mass is 32.1. The number of aliphatic hydroxyl groups excluding tert-OH is 1. The molecule has 3 rings (SSSR count). The van der Waals surface area contributed by atoms with E-state index in [9.17, 15) is 5.11 Å². The van der Waals surface area contributed by atoms with Crippen molar-refractivity contribution < 1.29 is 5.11 Å². The molecule has 3 heterocycles. The Kier molecular flexibility index (Phi) is 4.36. The molecule has 2 aromatic rings. The average molecular weight is 304 g/mol. The van der Waals surface area contributed by atoms with Gasteiger partial charge in [-0.15, -0.1) is 11.3 Å². The summed E-state index contributed by atoms with van der Waals surface area (Å²) in [6.45, 7) is 4.48. The van der Waals surface area contributed by atoms with E-state index in [2.05, 4.69) is 38.6 Å². The normalized spacial score (nSPS) is 18.2. The third kappa shape index (κ3) is 3.51. The quantitative estimate of drug-likeness (QED) is 0.885. The summed E-state index contributed by atoms with van der Waals surface area (Å²) in [6.07, 6.45) is 3.33. The molecule has 0 amide bonds. The van der Waals surface area contributed by atoms with Crippen LogP contribution in [-0.4, -0.2) is 40.8 Å². The first-order valence-corrected chi connectivity index (χ1v) is 8.13. The van der Waals surface area contributed by atoms with Gasteiger partial charge in [-0.25, -0.2) is 4.98 Å². The van der Waals surface area contributed by atoms with Crippen LogP contribution in [0.1, 0.15) is 16.9 Å². The first kappa shape index (κ1) is 14.3. The molecule has 0 saturated carbocycles. The Labute approximate surface area is 128 Å². The Morgan fingerprint density at radius 1 is 1.48 bits per heavy atom. The largest absolute Gasteiger partial charge is 0.391 e. The van der Waals surface area contributed by atoms with Gasteiger partial charge in [-0.3, -0.25) is 0 Å². The smallest absolute Gasteiger partial charge is 0.224 e. The highest BCUT2D eigenvalue weighted by Crippen LogP contribution is 2.19. The minimum absolute atomic E-state index is 0.238. The van der Waals surface area contributed by atoms with Crippen LogP contribution in [0.15, 0.2) is 23.7 Å². The number of aromatic nitrogens is 2. The van der Waals surface area contributed by atoms with Crippen LogP contribution in [0.25, 0.3) is 0 Å².